The molecule has 35 heavy (non-hydrogen) atoms. The average Bonchev–Trinajstić information content (AvgIpc) is 3.24. The highest BCUT2D eigenvalue weighted by Gasteiger charge is 2.12. The smallest absolute Gasteiger partial charge is 0.251 e. The number of aromatic nitrogens is 1. The van der Waals surface area contributed by atoms with Crippen molar-refractivity contribution < 1.29 is 18.7 Å². The summed E-state index contributed by atoms with van der Waals surface area (Å²) in [7, 11) is 1.59. The molecule has 0 unspecified atom stereocenters. The van der Waals surface area contributed by atoms with Crippen LogP contribution in [0.2, 0.25) is 0 Å². The van der Waals surface area contributed by atoms with Gasteiger partial charge < -0.3 is 19.9 Å². The predicted octanol–water partition coefficient (Wildman–Crippen LogP) is 4.63. The number of fused-ring (bicyclic) bond motifs is 1. The van der Waals surface area contributed by atoms with Crippen molar-refractivity contribution in [3.8, 4) is 5.75 Å². The fraction of sp³-hybridized carbons (Fsp3) is 0.185. The van der Waals surface area contributed by atoms with Crippen LogP contribution in [0.15, 0.2) is 83.9 Å². The van der Waals surface area contributed by atoms with Gasteiger partial charge in [0, 0.05) is 47.2 Å². The number of methoxy groups -OCH3 is 1. The molecule has 2 N–H and O–H groups in total. The lowest BCUT2D eigenvalue weighted by Crippen LogP contribution is -2.27. The quantitative estimate of drug-likeness (QED) is 0.318. The fourth-order valence-corrected chi connectivity index (χ4v) is 4.56. The van der Waals surface area contributed by atoms with Crippen molar-refractivity contribution in [2.45, 2.75) is 18.0 Å². The molecule has 0 bridgehead atoms. The van der Waals surface area contributed by atoms with Crippen LogP contribution in [0.1, 0.15) is 15.9 Å². The number of rotatable bonds is 10. The van der Waals surface area contributed by atoms with Gasteiger partial charge in [0.05, 0.1) is 12.9 Å². The van der Waals surface area contributed by atoms with Crippen molar-refractivity contribution in [3.05, 3.63) is 95.9 Å². The van der Waals surface area contributed by atoms with E-state index in [1.807, 2.05) is 30.5 Å². The molecule has 0 radical (unpaired) electrons. The fourth-order valence-electron chi connectivity index (χ4n) is 3.64. The van der Waals surface area contributed by atoms with E-state index in [9.17, 15) is 14.0 Å². The molecule has 6 nitrogen and oxygen atoms in total. The van der Waals surface area contributed by atoms with E-state index in [4.69, 9.17) is 4.74 Å². The van der Waals surface area contributed by atoms with Gasteiger partial charge >= 0.3 is 0 Å². The molecule has 0 atom stereocenters. The van der Waals surface area contributed by atoms with Gasteiger partial charge in [-0.05, 0) is 48.0 Å². The molecule has 2 amide bonds. The minimum absolute atomic E-state index is 0.0945. The first-order chi connectivity index (χ1) is 17.0. The maximum atomic E-state index is 13.0. The summed E-state index contributed by atoms with van der Waals surface area (Å²) < 4.78 is 20.2. The zero-order valence-corrected chi connectivity index (χ0v) is 20.1. The lowest BCUT2D eigenvalue weighted by molar-refractivity contribution is -0.118. The maximum absolute atomic E-state index is 13.0. The Morgan fingerprint density at radius 3 is 2.46 bits per heavy atom. The molecule has 4 aromatic rings. The van der Waals surface area contributed by atoms with Gasteiger partial charge in [-0.3, -0.25) is 9.59 Å². The monoisotopic (exact) mass is 491 g/mol. The molecular weight excluding hydrogens is 465 g/mol. The molecule has 0 spiro atoms. The van der Waals surface area contributed by atoms with Crippen molar-refractivity contribution in [2.75, 3.05) is 19.4 Å². The topological polar surface area (TPSA) is 72.4 Å². The third-order valence-corrected chi connectivity index (χ3v) is 6.55. The lowest BCUT2D eigenvalue weighted by Gasteiger charge is -2.08. The van der Waals surface area contributed by atoms with Crippen LogP contribution in [-0.4, -0.2) is 35.8 Å². The molecule has 0 fully saturated rings. The van der Waals surface area contributed by atoms with Crippen LogP contribution in [0, 0.1) is 5.82 Å². The molecular formula is C27H26FN3O3S. The number of carbonyl (C=O) groups is 2. The van der Waals surface area contributed by atoms with Gasteiger partial charge in [0.1, 0.15) is 11.6 Å². The van der Waals surface area contributed by atoms with Gasteiger partial charge in [-0.1, -0.05) is 30.3 Å². The first-order valence-electron chi connectivity index (χ1n) is 11.2. The van der Waals surface area contributed by atoms with Crippen LogP contribution in [-0.2, 0) is 17.9 Å². The van der Waals surface area contributed by atoms with E-state index in [0.29, 0.717) is 30.9 Å². The van der Waals surface area contributed by atoms with Gasteiger partial charge in [0.25, 0.3) is 5.91 Å². The molecule has 0 aliphatic rings. The summed E-state index contributed by atoms with van der Waals surface area (Å²) in [6.45, 7) is 1.42. The largest absolute Gasteiger partial charge is 0.497 e. The van der Waals surface area contributed by atoms with E-state index in [1.54, 1.807) is 43.5 Å². The van der Waals surface area contributed by atoms with E-state index in [0.717, 1.165) is 21.4 Å². The summed E-state index contributed by atoms with van der Waals surface area (Å²) in [6.07, 6.45) is 2.02. The number of carbonyl (C=O) groups excluding carboxylic acids is 2. The number of para-hydroxylation sites is 1. The molecule has 180 valence electrons. The second-order valence-corrected chi connectivity index (χ2v) is 8.90. The number of nitrogens with zero attached hydrogens (tertiary/aromatic N) is 1. The van der Waals surface area contributed by atoms with Gasteiger partial charge in [0.2, 0.25) is 5.91 Å². The van der Waals surface area contributed by atoms with Gasteiger partial charge in [0.15, 0.2) is 0 Å². The molecule has 0 aliphatic carbocycles. The van der Waals surface area contributed by atoms with Crippen LogP contribution in [0.3, 0.4) is 0 Å². The molecule has 0 aliphatic heterocycles. The lowest BCUT2D eigenvalue weighted by atomic mass is 10.2. The van der Waals surface area contributed by atoms with Crippen molar-refractivity contribution in [3.63, 3.8) is 0 Å². The molecule has 1 aromatic heterocycles. The maximum Gasteiger partial charge on any atom is 0.251 e. The van der Waals surface area contributed by atoms with Crippen LogP contribution < -0.4 is 15.4 Å². The van der Waals surface area contributed by atoms with Crippen LogP contribution in [0.5, 0.6) is 5.75 Å². The van der Waals surface area contributed by atoms with Crippen molar-refractivity contribution in [1.82, 2.24) is 15.2 Å². The Hall–Kier alpha value is -3.78. The summed E-state index contributed by atoms with van der Waals surface area (Å²) >= 11 is 1.46. The number of halogens is 1. The predicted molar refractivity (Wildman–Crippen MR) is 136 cm³/mol. The highest BCUT2D eigenvalue weighted by molar-refractivity contribution is 8.00. The minimum Gasteiger partial charge on any atom is -0.497 e. The van der Waals surface area contributed by atoms with Crippen LogP contribution in [0.4, 0.5) is 4.39 Å². The van der Waals surface area contributed by atoms with Gasteiger partial charge in [-0.15, -0.1) is 11.8 Å². The Morgan fingerprint density at radius 2 is 1.71 bits per heavy atom. The summed E-state index contributed by atoms with van der Waals surface area (Å²) in [4.78, 5) is 25.8. The van der Waals surface area contributed by atoms with Gasteiger partial charge in [-0.25, -0.2) is 4.39 Å². The van der Waals surface area contributed by atoms with E-state index >= 15 is 0 Å². The van der Waals surface area contributed by atoms with Crippen molar-refractivity contribution in [1.29, 1.82) is 0 Å². The Morgan fingerprint density at radius 1 is 0.971 bits per heavy atom. The molecule has 4 rings (SSSR count). The zero-order valence-electron chi connectivity index (χ0n) is 19.3. The van der Waals surface area contributed by atoms with Crippen LogP contribution in [0.25, 0.3) is 10.9 Å². The molecule has 1 heterocycles. The highest BCUT2D eigenvalue weighted by atomic mass is 32.2. The van der Waals surface area contributed by atoms with Gasteiger partial charge in [-0.2, -0.15) is 0 Å². The number of amides is 2. The van der Waals surface area contributed by atoms with E-state index in [-0.39, 0.29) is 23.4 Å². The first kappa shape index (κ1) is 24.3. The Kier molecular flexibility index (Phi) is 8.05. The third-order valence-electron chi connectivity index (χ3n) is 5.50. The second kappa shape index (κ2) is 11.6. The molecule has 0 saturated carbocycles. The number of benzene rings is 3. The Labute approximate surface area is 207 Å². The summed E-state index contributed by atoms with van der Waals surface area (Å²) in [5.41, 5.74) is 2.46. The number of ether oxygens (including phenoxy) is 1. The van der Waals surface area contributed by atoms with Crippen molar-refractivity contribution in [2.24, 2.45) is 0 Å². The van der Waals surface area contributed by atoms with Crippen LogP contribution >= 0.6 is 11.8 Å². The SMILES string of the molecule is COc1ccc(C(=O)NCCn2cc(SCC(=O)NCc3ccc(F)cc3)c3ccccc32)cc1. The number of nitrogens with one attached hydrogen (secondary N) is 2. The number of hydrogen-bond acceptors (Lipinski definition) is 4. The third kappa shape index (κ3) is 6.42. The first-order valence-corrected chi connectivity index (χ1v) is 12.2. The molecule has 8 heteroatoms. The zero-order chi connectivity index (χ0) is 24.6. The molecule has 0 saturated heterocycles. The van der Waals surface area contributed by atoms with E-state index < -0.39 is 0 Å². The summed E-state index contributed by atoms with van der Waals surface area (Å²) in [5.74, 6) is 0.435. The average molecular weight is 492 g/mol. The normalized spacial score (nSPS) is 10.8. The van der Waals surface area contributed by atoms with E-state index in [1.165, 1.54) is 23.9 Å². The highest BCUT2D eigenvalue weighted by Crippen LogP contribution is 2.29. The minimum atomic E-state index is -0.299. The van der Waals surface area contributed by atoms with Crippen molar-refractivity contribution >= 4 is 34.5 Å². The molecule has 3 aromatic carbocycles. The Bertz CT molecular complexity index is 1300. The summed E-state index contributed by atoms with van der Waals surface area (Å²) in [5, 5.41) is 6.88. The number of thioether (sulfide) groups is 1. The standard InChI is InChI=1S/C27H26FN3O3S/c1-34-22-12-8-20(9-13-22)27(33)29-14-15-31-17-25(23-4-2-3-5-24(23)31)35-18-26(32)30-16-19-6-10-21(28)11-7-19/h2-13,17H,14-16,18H2,1H3,(H,29,33)(H,30,32). The number of hydrogen-bond donors (Lipinski definition) is 2. The second-order valence-electron chi connectivity index (χ2n) is 7.88. The summed E-state index contributed by atoms with van der Waals surface area (Å²) in [6, 6.07) is 21.0. The Balaban J connectivity index is 1.33. The van der Waals surface area contributed by atoms with E-state index in [2.05, 4.69) is 15.2 Å².